The maximum Gasteiger partial charge on any atom is 0.0754 e. The summed E-state index contributed by atoms with van der Waals surface area (Å²) in [6, 6.07) is 52.9. The lowest BCUT2D eigenvalue weighted by Crippen LogP contribution is -2.45. The van der Waals surface area contributed by atoms with E-state index in [-0.39, 0.29) is 5.41 Å². The number of fused-ring (bicyclic) bond motifs is 14. The van der Waals surface area contributed by atoms with Crippen LogP contribution >= 0.6 is 0 Å². The summed E-state index contributed by atoms with van der Waals surface area (Å²) in [7, 11) is 0. The van der Waals surface area contributed by atoms with E-state index < -0.39 is 5.41 Å². The van der Waals surface area contributed by atoms with Gasteiger partial charge in [0, 0.05) is 28.4 Å². The first-order chi connectivity index (χ1) is 23.6. The van der Waals surface area contributed by atoms with Crippen molar-refractivity contribution in [2.24, 2.45) is 0 Å². The molecule has 0 amide bonds. The average molecular weight is 615 g/mol. The normalized spacial score (nSPS) is 20.6. The second-order valence-electron chi connectivity index (χ2n) is 14.4. The fourth-order valence-electron chi connectivity index (χ4n) is 10.1. The first-order valence-corrected chi connectivity index (χ1v) is 17.2. The second kappa shape index (κ2) is 9.05. The Balaban J connectivity index is 1.15. The predicted molar refractivity (Wildman–Crippen MR) is 197 cm³/mol. The molecule has 2 unspecified atom stereocenters. The highest BCUT2D eigenvalue weighted by Gasteiger charge is 2.53. The molecule has 2 heteroatoms. The van der Waals surface area contributed by atoms with Crippen molar-refractivity contribution in [3.63, 3.8) is 0 Å². The van der Waals surface area contributed by atoms with Gasteiger partial charge in [0.05, 0.1) is 22.8 Å². The smallest absolute Gasteiger partial charge is 0.0754 e. The van der Waals surface area contributed by atoms with Gasteiger partial charge in [0.1, 0.15) is 0 Å². The minimum absolute atomic E-state index is 0.0292. The summed E-state index contributed by atoms with van der Waals surface area (Å²) >= 11 is 0. The van der Waals surface area contributed by atoms with E-state index in [1.807, 2.05) is 0 Å². The molecule has 0 N–H and O–H groups in total. The Kier molecular flexibility index (Phi) is 4.99. The zero-order valence-corrected chi connectivity index (χ0v) is 27.1. The largest absolute Gasteiger partial charge is 0.333 e. The standard InChI is InChI=1S/C46H34N2/c1-45(2)36-19-7-10-23-41(36)48-40-27-26-29(28-33(40)32-16-13-22-39(45)44(32)48)47-42-24-11-8-20-37(42)46(38-21-9-12-25-43(38)47)34-17-5-3-14-30(34)31-15-4-6-18-35(31)46/h3-28,32,44H,1-2H3. The van der Waals surface area contributed by atoms with Gasteiger partial charge in [-0.05, 0) is 86.5 Å². The molecule has 2 aliphatic carbocycles. The summed E-state index contributed by atoms with van der Waals surface area (Å²) in [6.07, 6.45) is 7.11. The van der Waals surface area contributed by atoms with E-state index in [2.05, 4.69) is 181 Å². The van der Waals surface area contributed by atoms with E-state index in [1.54, 1.807) is 0 Å². The molecule has 1 spiro atoms. The molecular formula is C46H34N2. The Morgan fingerprint density at radius 2 is 1.06 bits per heavy atom. The maximum absolute atomic E-state index is 2.62. The molecule has 0 bridgehead atoms. The Labute approximate surface area is 281 Å². The Hall–Kier alpha value is -5.60. The van der Waals surface area contributed by atoms with E-state index in [0.29, 0.717) is 12.0 Å². The molecule has 48 heavy (non-hydrogen) atoms. The maximum atomic E-state index is 2.62. The van der Waals surface area contributed by atoms with Gasteiger partial charge in [0.15, 0.2) is 0 Å². The molecule has 0 radical (unpaired) electrons. The van der Waals surface area contributed by atoms with Gasteiger partial charge in [-0.1, -0.05) is 135 Å². The fraction of sp³-hybridized carbons (Fsp3) is 0.130. The molecule has 3 aliphatic heterocycles. The molecule has 0 fully saturated rings. The van der Waals surface area contributed by atoms with Crippen LogP contribution in [-0.2, 0) is 10.8 Å². The SMILES string of the molecule is CC1(C)C2=CC=CC3c4cc(N5c6ccccc6C6(c7ccccc7-c7ccccc76)c6ccccc65)ccc4N(c4ccccc41)C23. The van der Waals surface area contributed by atoms with Gasteiger partial charge in [0.25, 0.3) is 0 Å². The van der Waals surface area contributed by atoms with Crippen LogP contribution in [0.25, 0.3) is 11.1 Å². The highest BCUT2D eigenvalue weighted by atomic mass is 15.2. The lowest BCUT2D eigenvalue weighted by atomic mass is 9.64. The third-order valence-corrected chi connectivity index (χ3v) is 12.0. The van der Waals surface area contributed by atoms with Crippen LogP contribution in [0.15, 0.2) is 163 Å². The number of anilines is 5. The van der Waals surface area contributed by atoms with Crippen molar-refractivity contribution in [3.8, 4) is 11.1 Å². The van der Waals surface area contributed by atoms with Gasteiger partial charge >= 0.3 is 0 Å². The number of rotatable bonds is 1. The van der Waals surface area contributed by atoms with Gasteiger partial charge in [0.2, 0.25) is 0 Å². The Morgan fingerprint density at radius 1 is 0.521 bits per heavy atom. The van der Waals surface area contributed by atoms with Crippen molar-refractivity contribution in [1.82, 2.24) is 0 Å². The Bertz CT molecular complexity index is 2330. The predicted octanol–water partition coefficient (Wildman–Crippen LogP) is 11.2. The summed E-state index contributed by atoms with van der Waals surface area (Å²) in [5.41, 5.74) is 18.3. The summed E-state index contributed by atoms with van der Waals surface area (Å²) < 4.78 is 0. The molecule has 3 heterocycles. The van der Waals surface area contributed by atoms with Crippen molar-refractivity contribution >= 4 is 28.4 Å². The number of benzene rings is 6. The topological polar surface area (TPSA) is 6.48 Å². The highest BCUT2D eigenvalue weighted by Crippen LogP contribution is 2.64. The number of para-hydroxylation sites is 3. The molecule has 0 saturated carbocycles. The molecular weight excluding hydrogens is 581 g/mol. The van der Waals surface area contributed by atoms with E-state index in [1.165, 1.54) is 78.5 Å². The number of hydrogen-bond donors (Lipinski definition) is 0. The quantitative estimate of drug-likeness (QED) is 0.181. The van der Waals surface area contributed by atoms with Crippen LogP contribution in [0.5, 0.6) is 0 Å². The minimum atomic E-state index is -0.394. The first kappa shape index (κ1) is 26.5. The zero-order valence-electron chi connectivity index (χ0n) is 27.1. The third kappa shape index (κ3) is 3.01. The summed E-state index contributed by atoms with van der Waals surface area (Å²) in [6.45, 7) is 4.80. The van der Waals surface area contributed by atoms with E-state index in [0.717, 1.165) is 0 Å². The first-order valence-electron chi connectivity index (χ1n) is 17.2. The van der Waals surface area contributed by atoms with Crippen molar-refractivity contribution in [2.75, 3.05) is 9.80 Å². The summed E-state index contributed by atoms with van der Waals surface area (Å²) in [5, 5.41) is 0. The van der Waals surface area contributed by atoms with Crippen LogP contribution in [0.2, 0.25) is 0 Å². The minimum Gasteiger partial charge on any atom is -0.333 e. The van der Waals surface area contributed by atoms with E-state index in [9.17, 15) is 0 Å². The zero-order chi connectivity index (χ0) is 31.8. The second-order valence-corrected chi connectivity index (χ2v) is 14.4. The molecule has 5 aliphatic rings. The van der Waals surface area contributed by atoms with E-state index >= 15 is 0 Å². The van der Waals surface area contributed by atoms with Gasteiger partial charge in [-0.2, -0.15) is 0 Å². The molecule has 0 aromatic heterocycles. The summed E-state index contributed by atoms with van der Waals surface area (Å²) in [4.78, 5) is 5.15. The molecule has 2 atom stereocenters. The van der Waals surface area contributed by atoms with Crippen LogP contribution in [0.1, 0.15) is 53.1 Å². The van der Waals surface area contributed by atoms with Crippen LogP contribution < -0.4 is 9.80 Å². The number of hydrogen-bond acceptors (Lipinski definition) is 2. The molecule has 6 aromatic carbocycles. The van der Waals surface area contributed by atoms with Crippen LogP contribution in [-0.4, -0.2) is 6.04 Å². The van der Waals surface area contributed by atoms with E-state index in [4.69, 9.17) is 0 Å². The van der Waals surface area contributed by atoms with Gasteiger partial charge < -0.3 is 9.80 Å². The summed E-state index contributed by atoms with van der Waals surface area (Å²) in [5.74, 6) is 0.294. The van der Waals surface area contributed by atoms with Crippen LogP contribution in [0.4, 0.5) is 28.4 Å². The molecule has 228 valence electrons. The average Bonchev–Trinajstić information content (AvgIpc) is 3.62. The lowest BCUT2D eigenvalue weighted by Gasteiger charge is -2.47. The monoisotopic (exact) mass is 614 g/mol. The lowest BCUT2D eigenvalue weighted by molar-refractivity contribution is 0.514. The Morgan fingerprint density at radius 3 is 1.71 bits per heavy atom. The van der Waals surface area contributed by atoms with Crippen molar-refractivity contribution in [1.29, 1.82) is 0 Å². The number of nitrogens with zero attached hydrogens (tertiary/aromatic N) is 2. The molecule has 2 nitrogen and oxygen atoms in total. The van der Waals surface area contributed by atoms with Crippen molar-refractivity contribution in [3.05, 3.63) is 197 Å². The molecule has 0 saturated heterocycles. The van der Waals surface area contributed by atoms with Crippen LogP contribution in [0.3, 0.4) is 0 Å². The van der Waals surface area contributed by atoms with Crippen LogP contribution in [0, 0.1) is 0 Å². The van der Waals surface area contributed by atoms with Gasteiger partial charge in [-0.3, -0.25) is 0 Å². The van der Waals surface area contributed by atoms with Gasteiger partial charge in [-0.25, -0.2) is 0 Å². The molecule has 11 rings (SSSR count). The highest BCUT2D eigenvalue weighted by molar-refractivity contribution is 5.96. The fourth-order valence-corrected chi connectivity index (χ4v) is 10.1. The van der Waals surface area contributed by atoms with Crippen molar-refractivity contribution in [2.45, 2.75) is 36.6 Å². The molecule has 6 aromatic rings. The third-order valence-electron chi connectivity index (χ3n) is 12.0. The van der Waals surface area contributed by atoms with Gasteiger partial charge in [-0.15, -0.1) is 0 Å². The number of allylic oxidation sites excluding steroid dienone is 2. The van der Waals surface area contributed by atoms with Crippen molar-refractivity contribution < 1.29 is 0 Å².